The molecule has 4 rings (SSSR count). The van der Waals surface area contributed by atoms with E-state index in [0.717, 1.165) is 35.4 Å². The van der Waals surface area contributed by atoms with Crippen LogP contribution in [0, 0.1) is 6.92 Å². The van der Waals surface area contributed by atoms with E-state index >= 15 is 0 Å². The molecule has 0 unspecified atom stereocenters. The lowest BCUT2D eigenvalue weighted by Crippen LogP contribution is -2.37. The highest BCUT2D eigenvalue weighted by atomic mass is 32.2. The molecule has 0 aliphatic carbocycles. The summed E-state index contributed by atoms with van der Waals surface area (Å²) in [6.07, 6.45) is 0. The number of hydrogen-bond donors (Lipinski definition) is 0. The Bertz CT molecular complexity index is 1040. The topological polar surface area (TPSA) is 63.5 Å². The number of amides is 1. The van der Waals surface area contributed by atoms with Crippen molar-refractivity contribution in [2.75, 3.05) is 45.3 Å². The Morgan fingerprint density at radius 3 is 2.55 bits per heavy atom. The van der Waals surface area contributed by atoms with Gasteiger partial charge in [0.25, 0.3) is 5.91 Å². The molecule has 8 heteroatoms. The van der Waals surface area contributed by atoms with Crippen molar-refractivity contribution in [2.45, 2.75) is 17.8 Å². The van der Waals surface area contributed by atoms with Gasteiger partial charge in [-0.1, -0.05) is 41.6 Å². The van der Waals surface area contributed by atoms with E-state index in [9.17, 15) is 4.79 Å². The van der Waals surface area contributed by atoms with Gasteiger partial charge in [0.05, 0.1) is 18.9 Å². The van der Waals surface area contributed by atoms with Crippen LogP contribution < -0.4 is 4.90 Å². The smallest absolute Gasteiger partial charge is 0.253 e. The number of hydrogen-bond acceptors (Lipinski definition) is 6. The Morgan fingerprint density at radius 1 is 1.10 bits per heavy atom. The van der Waals surface area contributed by atoms with Gasteiger partial charge in [0.1, 0.15) is 0 Å². The summed E-state index contributed by atoms with van der Waals surface area (Å²) in [7, 11) is 3.53. The van der Waals surface area contributed by atoms with Gasteiger partial charge in [-0.15, -0.1) is 10.2 Å². The molecule has 3 aromatic rings. The largest absolute Gasteiger partial charge is 0.378 e. The average Bonchev–Trinajstić information content (AvgIpc) is 3.22. The zero-order valence-electron chi connectivity index (χ0n) is 18.1. The van der Waals surface area contributed by atoms with Crippen molar-refractivity contribution >= 4 is 23.6 Å². The Kier molecular flexibility index (Phi) is 6.58. The SMILES string of the molecule is Cc1ccc(-n2c(SCc3cccc(C(=O)N(C)C)c3)nnc2N2CCOCC2)cc1. The minimum Gasteiger partial charge on any atom is -0.378 e. The van der Waals surface area contributed by atoms with Gasteiger partial charge in [0.2, 0.25) is 5.95 Å². The first kappa shape index (κ1) is 21.4. The van der Waals surface area contributed by atoms with Crippen LogP contribution in [0.4, 0.5) is 5.95 Å². The summed E-state index contributed by atoms with van der Waals surface area (Å²) in [6.45, 7) is 5.05. The Labute approximate surface area is 187 Å². The molecule has 2 heterocycles. The highest BCUT2D eigenvalue weighted by molar-refractivity contribution is 7.98. The molecule has 0 bridgehead atoms. The van der Waals surface area contributed by atoms with Crippen molar-refractivity contribution < 1.29 is 9.53 Å². The number of anilines is 1. The molecule has 0 N–H and O–H groups in total. The molecule has 1 aliphatic rings. The van der Waals surface area contributed by atoms with E-state index < -0.39 is 0 Å². The quantitative estimate of drug-likeness (QED) is 0.551. The summed E-state index contributed by atoms with van der Waals surface area (Å²) >= 11 is 1.62. The van der Waals surface area contributed by atoms with Gasteiger partial charge in [-0.25, -0.2) is 0 Å². The van der Waals surface area contributed by atoms with E-state index in [1.54, 1.807) is 30.8 Å². The molecule has 2 aromatic carbocycles. The first-order chi connectivity index (χ1) is 15.0. The summed E-state index contributed by atoms with van der Waals surface area (Å²) < 4.78 is 7.62. The molecule has 7 nitrogen and oxygen atoms in total. The summed E-state index contributed by atoms with van der Waals surface area (Å²) in [5, 5.41) is 9.86. The zero-order valence-corrected chi connectivity index (χ0v) is 18.9. The molecule has 0 atom stereocenters. The van der Waals surface area contributed by atoms with Crippen LogP contribution >= 0.6 is 11.8 Å². The molecule has 31 heavy (non-hydrogen) atoms. The molecule has 0 radical (unpaired) electrons. The third-order valence-corrected chi connectivity index (χ3v) is 6.15. The Balaban J connectivity index is 1.61. The number of thioether (sulfide) groups is 1. The van der Waals surface area contributed by atoms with Crippen molar-refractivity contribution in [3.63, 3.8) is 0 Å². The summed E-state index contributed by atoms with van der Waals surface area (Å²) in [6, 6.07) is 16.2. The van der Waals surface area contributed by atoms with Crippen molar-refractivity contribution in [3.8, 4) is 5.69 Å². The highest BCUT2D eigenvalue weighted by Crippen LogP contribution is 2.29. The molecule has 1 aliphatic heterocycles. The molecule has 0 saturated carbocycles. The molecular formula is C23H27N5O2S. The number of carbonyl (C=O) groups excluding carboxylic acids is 1. The molecular weight excluding hydrogens is 410 g/mol. The standard InChI is InChI=1S/C23H27N5O2S/c1-17-7-9-20(10-8-17)28-22(27-11-13-30-14-12-27)24-25-23(28)31-16-18-5-4-6-19(15-18)21(29)26(2)3/h4-10,15H,11-14,16H2,1-3H3. The second kappa shape index (κ2) is 9.53. The number of rotatable bonds is 6. The maximum Gasteiger partial charge on any atom is 0.253 e. The average molecular weight is 438 g/mol. The maximum atomic E-state index is 12.3. The van der Waals surface area contributed by atoms with Gasteiger partial charge in [0.15, 0.2) is 5.16 Å². The zero-order chi connectivity index (χ0) is 21.8. The fourth-order valence-electron chi connectivity index (χ4n) is 3.44. The van der Waals surface area contributed by atoms with Gasteiger partial charge in [-0.3, -0.25) is 9.36 Å². The normalized spacial score (nSPS) is 14.0. The van der Waals surface area contributed by atoms with Crippen molar-refractivity contribution in [3.05, 3.63) is 65.2 Å². The lowest BCUT2D eigenvalue weighted by Gasteiger charge is -2.28. The fourth-order valence-corrected chi connectivity index (χ4v) is 4.33. The highest BCUT2D eigenvalue weighted by Gasteiger charge is 2.22. The lowest BCUT2D eigenvalue weighted by atomic mass is 10.1. The Morgan fingerprint density at radius 2 is 1.84 bits per heavy atom. The fraction of sp³-hybridized carbons (Fsp3) is 0.348. The molecule has 1 amide bonds. The van der Waals surface area contributed by atoms with Crippen molar-refractivity contribution in [1.82, 2.24) is 19.7 Å². The van der Waals surface area contributed by atoms with Gasteiger partial charge in [-0.2, -0.15) is 0 Å². The van der Waals surface area contributed by atoms with Crippen LogP contribution in [-0.4, -0.2) is 66.0 Å². The van der Waals surface area contributed by atoms with Crippen LogP contribution in [0.25, 0.3) is 5.69 Å². The van der Waals surface area contributed by atoms with E-state index in [1.165, 1.54) is 5.56 Å². The number of nitrogens with zero attached hydrogens (tertiary/aromatic N) is 5. The predicted octanol–water partition coefficient (Wildman–Crippen LogP) is 3.41. The number of benzene rings is 2. The van der Waals surface area contributed by atoms with Gasteiger partial charge >= 0.3 is 0 Å². The maximum absolute atomic E-state index is 12.3. The number of carbonyl (C=O) groups is 1. The van der Waals surface area contributed by atoms with E-state index in [0.29, 0.717) is 24.5 Å². The van der Waals surface area contributed by atoms with Crippen LogP contribution in [0.5, 0.6) is 0 Å². The second-order valence-electron chi connectivity index (χ2n) is 7.74. The molecule has 0 spiro atoms. The lowest BCUT2D eigenvalue weighted by molar-refractivity contribution is 0.0827. The van der Waals surface area contributed by atoms with Crippen molar-refractivity contribution in [2.24, 2.45) is 0 Å². The van der Waals surface area contributed by atoms with Crippen LogP contribution in [0.2, 0.25) is 0 Å². The van der Waals surface area contributed by atoms with E-state index in [-0.39, 0.29) is 5.91 Å². The van der Waals surface area contributed by atoms with Crippen LogP contribution in [-0.2, 0) is 10.5 Å². The predicted molar refractivity (Wildman–Crippen MR) is 123 cm³/mol. The monoisotopic (exact) mass is 437 g/mol. The number of aromatic nitrogens is 3. The van der Waals surface area contributed by atoms with Crippen molar-refractivity contribution in [1.29, 1.82) is 0 Å². The Hall–Kier alpha value is -2.84. The number of morpholine rings is 1. The molecule has 1 fully saturated rings. The number of aryl methyl sites for hydroxylation is 1. The second-order valence-corrected chi connectivity index (χ2v) is 8.68. The van der Waals surface area contributed by atoms with E-state index in [1.807, 2.05) is 24.3 Å². The van der Waals surface area contributed by atoms with Crippen LogP contribution in [0.1, 0.15) is 21.5 Å². The molecule has 1 aromatic heterocycles. The third kappa shape index (κ3) is 4.91. The van der Waals surface area contributed by atoms with Gasteiger partial charge in [0, 0.05) is 38.5 Å². The minimum absolute atomic E-state index is 0.00396. The molecule has 162 valence electrons. The summed E-state index contributed by atoms with van der Waals surface area (Å²) in [5.74, 6) is 1.54. The van der Waals surface area contributed by atoms with Crippen LogP contribution in [0.3, 0.4) is 0 Å². The van der Waals surface area contributed by atoms with Gasteiger partial charge < -0.3 is 14.5 Å². The first-order valence-electron chi connectivity index (χ1n) is 10.3. The summed E-state index contributed by atoms with van der Waals surface area (Å²) in [4.78, 5) is 16.1. The van der Waals surface area contributed by atoms with Gasteiger partial charge in [-0.05, 0) is 36.8 Å². The summed E-state index contributed by atoms with van der Waals surface area (Å²) in [5.41, 5.74) is 4.01. The minimum atomic E-state index is 0.00396. The van der Waals surface area contributed by atoms with E-state index in [2.05, 4.69) is 50.9 Å². The number of ether oxygens (including phenoxy) is 1. The van der Waals surface area contributed by atoms with E-state index in [4.69, 9.17) is 4.74 Å². The first-order valence-corrected chi connectivity index (χ1v) is 11.3. The molecule has 1 saturated heterocycles. The third-order valence-electron chi connectivity index (χ3n) is 5.15. The van der Waals surface area contributed by atoms with Crippen LogP contribution in [0.15, 0.2) is 53.7 Å².